The van der Waals surface area contributed by atoms with E-state index < -0.39 is 10.7 Å². The van der Waals surface area contributed by atoms with E-state index in [9.17, 15) is 4.79 Å². The number of nitrogens with one attached hydrogen (secondary N) is 3. The van der Waals surface area contributed by atoms with Crippen LogP contribution < -0.4 is 15.4 Å². The van der Waals surface area contributed by atoms with E-state index in [4.69, 9.17) is 0 Å². The van der Waals surface area contributed by atoms with Gasteiger partial charge in [0.2, 0.25) is 15.9 Å². The zero-order chi connectivity index (χ0) is 12.4. The van der Waals surface area contributed by atoms with E-state index in [1.807, 2.05) is 6.07 Å². The molecule has 6 nitrogen and oxygen atoms in total. The lowest BCUT2D eigenvalue weighted by Crippen LogP contribution is -2.51. The molecule has 18 heavy (non-hydrogen) atoms. The van der Waals surface area contributed by atoms with E-state index in [-0.39, 0.29) is 6.17 Å². The van der Waals surface area contributed by atoms with Crippen molar-refractivity contribution in [1.29, 1.82) is 0 Å². The van der Waals surface area contributed by atoms with Crippen LogP contribution in [-0.4, -0.2) is 42.1 Å². The van der Waals surface area contributed by atoms with Crippen LogP contribution in [0.1, 0.15) is 9.67 Å². The summed E-state index contributed by atoms with van der Waals surface area (Å²) in [7, 11) is -0.422. The third-order valence-corrected chi connectivity index (χ3v) is 4.82. The molecule has 0 radical (unpaired) electrons. The number of piperazine rings is 1. The Morgan fingerprint density at radius 2 is 2.44 bits per heavy atom. The lowest BCUT2D eigenvalue weighted by molar-refractivity contribution is 0.112. The summed E-state index contributed by atoms with van der Waals surface area (Å²) in [5.41, 5.74) is 0.840. The Bertz CT molecular complexity index is 564. The molecule has 1 aliphatic heterocycles. The Morgan fingerprint density at radius 1 is 1.50 bits per heavy atom. The normalized spacial score (nSPS) is 21.1. The average molecular weight is 264 g/mol. The van der Waals surface area contributed by atoms with Crippen LogP contribution in [0.2, 0.25) is 0 Å². The molecule has 3 N–H and O–H groups in total. The predicted molar refractivity (Wildman–Crippen MR) is 71.4 cm³/mol. The van der Waals surface area contributed by atoms with Gasteiger partial charge < -0.3 is 5.32 Å². The quantitative estimate of drug-likeness (QED) is 0.545. The monoisotopic (exact) mass is 264 g/mol. The minimum Gasteiger partial charge on any atom is -0.312 e. The maximum atomic E-state index is 11.1. The second kappa shape index (κ2) is 5.07. The number of fused-ring (bicyclic) bond motifs is 1. The summed E-state index contributed by atoms with van der Waals surface area (Å²) in [6.07, 6.45) is 4.34. The molecule has 1 aliphatic rings. The summed E-state index contributed by atoms with van der Waals surface area (Å²) in [6.45, 7) is 2.74. The van der Waals surface area contributed by atoms with Crippen LogP contribution in [0, 0.1) is 0 Å². The molecule has 7 heteroatoms. The summed E-state index contributed by atoms with van der Waals surface area (Å²) >= 11 is 0. The van der Waals surface area contributed by atoms with Crippen molar-refractivity contribution in [3.05, 3.63) is 23.5 Å². The fraction of sp³-hybridized carbons (Fsp3) is 0.364. The topological polar surface area (TPSA) is 78.9 Å². The van der Waals surface area contributed by atoms with Crippen LogP contribution in [0.4, 0.5) is 0 Å². The lowest BCUT2D eigenvalue weighted by atomic mass is 10.4. The van der Waals surface area contributed by atoms with E-state index in [2.05, 4.69) is 25.3 Å². The Morgan fingerprint density at radius 3 is 3.22 bits per heavy atom. The van der Waals surface area contributed by atoms with Crippen molar-refractivity contribution in [3.63, 3.8) is 0 Å². The van der Waals surface area contributed by atoms with Crippen LogP contribution in [0.3, 0.4) is 0 Å². The molecule has 3 rings (SSSR count). The van der Waals surface area contributed by atoms with Gasteiger partial charge in [0.1, 0.15) is 18.0 Å². The van der Waals surface area contributed by atoms with Crippen LogP contribution in [0.5, 0.6) is 0 Å². The highest BCUT2D eigenvalue weighted by molar-refractivity contribution is 7.40. The van der Waals surface area contributed by atoms with Crippen LogP contribution >= 0.6 is 10.7 Å². The van der Waals surface area contributed by atoms with Gasteiger partial charge >= 0.3 is 0 Å². The zero-order valence-electron chi connectivity index (χ0n) is 9.72. The Labute approximate surface area is 107 Å². The van der Waals surface area contributed by atoms with Gasteiger partial charge in [-0.25, -0.2) is 9.97 Å². The molecule has 2 atom stereocenters. The molecule has 2 aromatic rings. The average Bonchev–Trinajstić information content (AvgIpc) is 2.78. The molecule has 0 aromatic carbocycles. The fourth-order valence-electron chi connectivity index (χ4n) is 2.01. The van der Waals surface area contributed by atoms with Crippen molar-refractivity contribution in [1.82, 2.24) is 20.6 Å². The zero-order valence-corrected chi connectivity index (χ0v) is 10.5. The largest absolute Gasteiger partial charge is 0.312 e. The molecule has 0 aliphatic carbocycles. The molecule has 0 amide bonds. The van der Waals surface area contributed by atoms with E-state index in [1.165, 1.54) is 6.33 Å². The summed E-state index contributed by atoms with van der Waals surface area (Å²) in [5, 5.41) is 6.68. The van der Waals surface area contributed by atoms with Crippen LogP contribution in [-0.2, 0) is 0 Å². The third-order valence-electron chi connectivity index (χ3n) is 2.86. The Kier molecular flexibility index (Phi) is 3.28. The number of hydrogen-bond acceptors (Lipinski definition) is 6. The Balaban J connectivity index is 1.95. The molecule has 0 bridgehead atoms. The minimum absolute atomic E-state index is 0.164. The van der Waals surface area contributed by atoms with Crippen LogP contribution in [0.15, 0.2) is 18.6 Å². The molecular formula is C11H14N5OS+. The number of rotatable bonds is 3. The summed E-state index contributed by atoms with van der Waals surface area (Å²) in [6, 6.07) is 1.83. The van der Waals surface area contributed by atoms with E-state index in [0.717, 1.165) is 41.0 Å². The van der Waals surface area contributed by atoms with Gasteiger partial charge in [-0.1, -0.05) is 4.72 Å². The number of nitrogens with zero attached hydrogens (tertiary/aromatic N) is 2. The van der Waals surface area contributed by atoms with Gasteiger partial charge in [0.15, 0.2) is 0 Å². The fourth-order valence-corrected chi connectivity index (χ4v) is 3.79. The standard InChI is InChI=1S/C11H14N5OS/c17-6-8-3-9-10(4-13-7-15-9)18(8)16-11-5-12-1-2-14-11/h3-4,6-7,11-12,14,16H,1-2,5H2/q+1. The van der Waals surface area contributed by atoms with Gasteiger partial charge in [-0.3, -0.25) is 10.1 Å². The van der Waals surface area contributed by atoms with Crippen molar-refractivity contribution in [2.24, 2.45) is 0 Å². The highest BCUT2D eigenvalue weighted by Crippen LogP contribution is 2.32. The first-order valence-electron chi connectivity index (χ1n) is 5.80. The number of thiophene rings is 1. The molecule has 2 unspecified atom stereocenters. The highest BCUT2D eigenvalue weighted by Gasteiger charge is 2.26. The molecule has 2 aromatic heterocycles. The first-order valence-corrected chi connectivity index (χ1v) is 7.02. The van der Waals surface area contributed by atoms with Gasteiger partial charge in [0.25, 0.3) is 0 Å². The summed E-state index contributed by atoms with van der Waals surface area (Å²) < 4.78 is 4.44. The molecule has 0 spiro atoms. The summed E-state index contributed by atoms with van der Waals surface area (Å²) in [5.74, 6) is 0. The molecular weight excluding hydrogens is 250 g/mol. The maximum Gasteiger partial charge on any atom is 0.239 e. The van der Waals surface area contributed by atoms with Gasteiger partial charge in [-0.2, -0.15) is 0 Å². The van der Waals surface area contributed by atoms with Crippen molar-refractivity contribution >= 4 is 27.2 Å². The number of carbonyl (C=O) groups excluding carboxylic acids is 1. The second-order valence-electron chi connectivity index (χ2n) is 4.07. The molecule has 0 saturated carbocycles. The maximum absolute atomic E-state index is 11.1. The van der Waals surface area contributed by atoms with Crippen molar-refractivity contribution in [3.8, 4) is 0 Å². The van der Waals surface area contributed by atoms with Crippen molar-refractivity contribution in [2.45, 2.75) is 6.17 Å². The smallest absolute Gasteiger partial charge is 0.239 e. The number of aromatic nitrogens is 2. The van der Waals surface area contributed by atoms with Gasteiger partial charge in [0, 0.05) is 25.7 Å². The van der Waals surface area contributed by atoms with Crippen LogP contribution in [0.25, 0.3) is 10.2 Å². The Hall–Kier alpha value is -1.41. The molecule has 94 valence electrons. The first-order chi connectivity index (χ1) is 8.88. The lowest BCUT2D eigenvalue weighted by Gasteiger charge is -2.21. The number of aldehydes is 1. The predicted octanol–water partition coefficient (Wildman–Crippen LogP) is 0.254. The first kappa shape index (κ1) is 11.7. The SMILES string of the molecule is O=Cc1cc2ncncc2[s+]1NC1CNCCN1. The number of hydrogen-bond donors (Lipinski definition) is 3. The van der Waals surface area contributed by atoms with Crippen molar-refractivity contribution < 1.29 is 4.79 Å². The molecule has 1 saturated heterocycles. The van der Waals surface area contributed by atoms with Gasteiger partial charge in [-0.15, -0.1) is 0 Å². The van der Waals surface area contributed by atoms with Gasteiger partial charge in [-0.05, 0) is 0 Å². The number of carbonyl (C=O) groups is 1. The third kappa shape index (κ3) is 2.13. The van der Waals surface area contributed by atoms with Crippen molar-refractivity contribution in [2.75, 3.05) is 24.4 Å². The van der Waals surface area contributed by atoms with Gasteiger partial charge in [0.05, 0.1) is 16.9 Å². The van der Waals surface area contributed by atoms with E-state index in [1.54, 1.807) is 6.20 Å². The minimum atomic E-state index is -0.422. The molecule has 1 fully saturated rings. The molecule has 3 heterocycles. The summed E-state index contributed by atoms with van der Waals surface area (Å²) in [4.78, 5) is 20.1. The van der Waals surface area contributed by atoms with E-state index >= 15 is 0 Å². The second-order valence-corrected chi connectivity index (χ2v) is 5.83. The highest BCUT2D eigenvalue weighted by atomic mass is 32.2. The van der Waals surface area contributed by atoms with E-state index in [0.29, 0.717) is 0 Å².